The van der Waals surface area contributed by atoms with Crippen LogP contribution in [0, 0.1) is 13.8 Å². The number of likely N-dealkylation sites (tertiary alicyclic amines) is 1. The summed E-state index contributed by atoms with van der Waals surface area (Å²) in [7, 11) is 0. The van der Waals surface area contributed by atoms with E-state index in [0.29, 0.717) is 30.6 Å². The summed E-state index contributed by atoms with van der Waals surface area (Å²) in [5.74, 6) is 1.68. The number of hydrogen-bond acceptors (Lipinski definition) is 6. The Kier molecular flexibility index (Phi) is 3.99. The van der Waals surface area contributed by atoms with Crippen LogP contribution in [0.3, 0.4) is 0 Å². The van der Waals surface area contributed by atoms with Gasteiger partial charge in [-0.1, -0.05) is 16.4 Å². The molecule has 0 N–H and O–H groups in total. The average molecular weight is 378 g/mol. The van der Waals surface area contributed by atoms with Crippen LogP contribution in [0.5, 0.6) is 0 Å². The first kappa shape index (κ1) is 17.1. The predicted octanol–water partition coefficient (Wildman–Crippen LogP) is 2.91. The number of nitrogens with zero attached hydrogens (tertiary/aromatic N) is 6. The molecule has 1 aliphatic heterocycles. The van der Waals surface area contributed by atoms with Gasteiger partial charge < -0.3 is 9.42 Å². The van der Waals surface area contributed by atoms with Crippen LogP contribution in [-0.4, -0.2) is 49.0 Å². The maximum absolute atomic E-state index is 12.8. The highest BCUT2D eigenvalue weighted by atomic mass is 16.5. The molecule has 3 aromatic rings. The normalized spacial score (nSPS) is 19.4. The smallest absolute Gasteiger partial charge is 0.280 e. The van der Waals surface area contributed by atoms with Crippen LogP contribution in [0.25, 0.3) is 11.6 Å². The van der Waals surface area contributed by atoms with Crippen molar-refractivity contribution >= 4 is 5.91 Å². The summed E-state index contributed by atoms with van der Waals surface area (Å²) in [4.78, 5) is 19.1. The quantitative estimate of drug-likeness (QED) is 0.693. The molecule has 1 saturated carbocycles. The molecular formula is C20H22N6O2. The van der Waals surface area contributed by atoms with Gasteiger partial charge in [-0.15, -0.1) is 5.10 Å². The van der Waals surface area contributed by atoms with Gasteiger partial charge in [0.1, 0.15) is 0 Å². The zero-order valence-corrected chi connectivity index (χ0v) is 16.0. The molecule has 1 aliphatic carbocycles. The van der Waals surface area contributed by atoms with Gasteiger partial charge in [-0.25, -0.2) is 4.68 Å². The highest BCUT2D eigenvalue weighted by molar-refractivity contribution is 5.94. The summed E-state index contributed by atoms with van der Waals surface area (Å²) in [5.41, 5.74) is 3.64. The van der Waals surface area contributed by atoms with Gasteiger partial charge in [0.25, 0.3) is 11.8 Å². The van der Waals surface area contributed by atoms with Crippen molar-refractivity contribution in [2.75, 3.05) is 13.1 Å². The molecule has 3 heterocycles. The van der Waals surface area contributed by atoms with E-state index < -0.39 is 0 Å². The molecule has 8 nitrogen and oxygen atoms in total. The monoisotopic (exact) mass is 378 g/mol. The predicted molar refractivity (Wildman–Crippen MR) is 101 cm³/mol. The minimum absolute atomic E-state index is 0.0666. The van der Waals surface area contributed by atoms with Crippen molar-refractivity contribution in [1.29, 1.82) is 0 Å². The number of benzene rings is 1. The first-order valence-corrected chi connectivity index (χ1v) is 9.71. The van der Waals surface area contributed by atoms with E-state index in [4.69, 9.17) is 4.52 Å². The number of amides is 1. The second kappa shape index (κ2) is 6.54. The van der Waals surface area contributed by atoms with Crippen LogP contribution >= 0.6 is 0 Å². The van der Waals surface area contributed by atoms with E-state index in [1.165, 1.54) is 5.56 Å². The molecule has 1 amide bonds. The molecule has 0 unspecified atom stereocenters. The summed E-state index contributed by atoms with van der Waals surface area (Å²) < 4.78 is 7.13. The maximum Gasteiger partial charge on any atom is 0.280 e. The lowest BCUT2D eigenvalue weighted by Gasteiger charge is -2.17. The highest BCUT2D eigenvalue weighted by Gasteiger charge is 2.31. The van der Waals surface area contributed by atoms with Gasteiger partial charge in [-0.2, -0.15) is 4.98 Å². The van der Waals surface area contributed by atoms with Crippen LogP contribution < -0.4 is 0 Å². The Morgan fingerprint density at radius 1 is 1.18 bits per heavy atom. The van der Waals surface area contributed by atoms with Crippen LogP contribution in [0.2, 0.25) is 0 Å². The summed E-state index contributed by atoms with van der Waals surface area (Å²) in [6.45, 7) is 5.40. The van der Waals surface area contributed by atoms with Crippen molar-refractivity contribution in [1.82, 2.24) is 30.0 Å². The van der Waals surface area contributed by atoms with E-state index in [0.717, 1.165) is 36.2 Å². The largest absolute Gasteiger partial charge is 0.336 e. The van der Waals surface area contributed by atoms with Gasteiger partial charge in [0.2, 0.25) is 0 Å². The van der Waals surface area contributed by atoms with Crippen molar-refractivity contribution in [3.63, 3.8) is 0 Å². The van der Waals surface area contributed by atoms with Crippen molar-refractivity contribution in [3.8, 4) is 11.6 Å². The number of rotatable bonds is 4. The Morgan fingerprint density at radius 3 is 2.82 bits per heavy atom. The highest BCUT2D eigenvalue weighted by Crippen LogP contribution is 2.38. The molecule has 0 radical (unpaired) electrons. The second-order valence-electron chi connectivity index (χ2n) is 7.81. The van der Waals surface area contributed by atoms with E-state index >= 15 is 0 Å². The lowest BCUT2D eigenvalue weighted by atomic mass is 10.1. The maximum atomic E-state index is 12.8. The van der Waals surface area contributed by atoms with Gasteiger partial charge in [0.15, 0.2) is 11.5 Å². The van der Waals surface area contributed by atoms with Crippen LogP contribution in [-0.2, 0) is 0 Å². The van der Waals surface area contributed by atoms with Gasteiger partial charge in [-0.3, -0.25) is 4.79 Å². The first-order valence-electron chi connectivity index (χ1n) is 9.71. The number of carbonyl (C=O) groups excluding carboxylic acids is 1. The summed E-state index contributed by atoms with van der Waals surface area (Å²) >= 11 is 0. The summed E-state index contributed by atoms with van der Waals surface area (Å²) in [6.07, 6.45) is 4.92. The minimum Gasteiger partial charge on any atom is -0.336 e. The topological polar surface area (TPSA) is 89.9 Å². The molecule has 2 fully saturated rings. The molecule has 1 aromatic carbocycles. The van der Waals surface area contributed by atoms with E-state index in [2.05, 4.69) is 27.4 Å². The molecule has 0 bridgehead atoms. The van der Waals surface area contributed by atoms with Crippen molar-refractivity contribution in [3.05, 3.63) is 46.9 Å². The van der Waals surface area contributed by atoms with Crippen LogP contribution in [0.4, 0.5) is 0 Å². The van der Waals surface area contributed by atoms with E-state index in [1.54, 1.807) is 0 Å². The van der Waals surface area contributed by atoms with E-state index in [-0.39, 0.29) is 11.9 Å². The lowest BCUT2D eigenvalue weighted by molar-refractivity contribution is 0.0787. The van der Waals surface area contributed by atoms with Gasteiger partial charge in [0.05, 0.1) is 12.2 Å². The SMILES string of the molecule is Cc1ccc(C(=O)N2CC[C@H](n3cc(-c4nc(C5CC5)no4)nn3)C2)cc1C. The van der Waals surface area contributed by atoms with Crippen molar-refractivity contribution < 1.29 is 9.32 Å². The summed E-state index contributed by atoms with van der Waals surface area (Å²) in [5, 5.41) is 12.5. The van der Waals surface area contributed by atoms with Crippen LogP contribution in [0.1, 0.15) is 58.5 Å². The van der Waals surface area contributed by atoms with Gasteiger partial charge in [-0.05, 0) is 56.4 Å². The van der Waals surface area contributed by atoms with Crippen LogP contribution in [0.15, 0.2) is 28.9 Å². The van der Waals surface area contributed by atoms with E-state index in [1.807, 2.05) is 40.9 Å². The lowest BCUT2D eigenvalue weighted by Crippen LogP contribution is -2.29. The molecule has 28 heavy (non-hydrogen) atoms. The van der Waals surface area contributed by atoms with E-state index in [9.17, 15) is 4.79 Å². The minimum atomic E-state index is 0.0666. The number of aryl methyl sites for hydroxylation is 2. The second-order valence-corrected chi connectivity index (χ2v) is 7.81. The standard InChI is InChI=1S/C20H22N6O2/c1-12-3-4-15(9-13(12)2)20(27)25-8-7-16(10-25)26-11-17(22-24-26)19-21-18(23-28-19)14-5-6-14/h3-4,9,11,14,16H,5-8,10H2,1-2H3/t16-/m0/s1. The number of aromatic nitrogens is 5. The molecule has 2 aliphatic rings. The molecule has 1 atom stereocenters. The molecule has 5 rings (SSSR count). The van der Waals surface area contributed by atoms with Crippen molar-refractivity contribution in [2.24, 2.45) is 0 Å². The number of hydrogen-bond donors (Lipinski definition) is 0. The third kappa shape index (κ3) is 3.08. The Morgan fingerprint density at radius 2 is 2.04 bits per heavy atom. The Bertz CT molecular complexity index is 1040. The van der Waals surface area contributed by atoms with Gasteiger partial charge >= 0.3 is 0 Å². The average Bonchev–Trinajstić information content (AvgIpc) is 3.12. The summed E-state index contributed by atoms with van der Waals surface area (Å²) in [6, 6.07) is 5.96. The first-order chi connectivity index (χ1) is 13.6. The third-order valence-corrected chi connectivity index (χ3v) is 5.69. The molecule has 1 saturated heterocycles. The molecule has 2 aromatic heterocycles. The Balaban J connectivity index is 1.28. The zero-order valence-electron chi connectivity index (χ0n) is 16.0. The third-order valence-electron chi connectivity index (χ3n) is 5.69. The Hall–Kier alpha value is -3.03. The van der Waals surface area contributed by atoms with Crippen molar-refractivity contribution in [2.45, 2.75) is 45.1 Å². The Labute approximate surface area is 162 Å². The van der Waals surface area contributed by atoms with Gasteiger partial charge in [0, 0.05) is 24.6 Å². The molecule has 0 spiro atoms. The molecular weight excluding hydrogens is 356 g/mol. The number of carbonyl (C=O) groups is 1. The fourth-order valence-electron chi connectivity index (χ4n) is 3.60. The zero-order chi connectivity index (χ0) is 19.3. The molecule has 144 valence electrons. The molecule has 8 heteroatoms. The fraction of sp³-hybridized carbons (Fsp3) is 0.450. The fourth-order valence-corrected chi connectivity index (χ4v) is 3.60.